The number of aliphatic hydroxyl groups is 1. The van der Waals surface area contributed by atoms with Crippen LogP contribution in [-0.4, -0.2) is 37.7 Å². The maximum atomic E-state index is 12.8. The quantitative estimate of drug-likeness (QED) is 0.689. The van der Waals surface area contributed by atoms with Crippen LogP contribution in [-0.2, 0) is 16.0 Å². The predicted octanol–water partition coefficient (Wildman–Crippen LogP) is 3.06. The molecule has 0 saturated heterocycles. The van der Waals surface area contributed by atoms with E-state index in [0.29, 0.717) is 23.7 Å². The van der Waals surface area contributed by atoms with Gasteiger partial charge in [0, 0.05) is 41.9 Å². The van der Waals surface area contributed by atoms with Crippen LogP contribution in [0.1, 0.15) is 57.4 Å². The van der Waals surface area contributed by atoms with Crippen molar-refractivity contribution in [3.05, 3.63) is 29.2 Å². The summed E-state index contributed by atoms with van der Waals surface area (Å²) in [4.78, 5) is 28.4. The lowest BCUT2D eigenvalue weighted by Crippen LogP contribution is -2.40. The first-order valence-electron chi connectivity index (χ1n) is 10.4. The number of hydrogen-bond donors (Lipinski definition) is 3. The maximum Gasteiger partial charge on any atom is 0.228 e. The number of pyridine rings is 1. The summed E-state index contributed by atoms with van der Waals surface area (Å²) < 4.78 is 1.64. The molecule has 3 unspecified atom stereocenters. The largest absolute Gasteiger partial charge is 0.372 e. The molecular weight excluding hydrogens is 406 g/mol. The lowest BCUT2D eigenvalue weighted by Gasteiger charge is -2.28. The number of carbonyl (C=O) groups excluding carboxylic acids is 2. The number of nitrogens with one attached hydrogen (secondary N) is 2. The van der Waals surface area contributed by atoms with Crippen molar-refractivity contribution in [3.8, 4) is 11.1 Å². The Hall–Kier alpha value is -2.45. The monoisotopic (exact) mass is 431 g/mol. The molecule has 0 radical (unpaired) electrons. The second kappa shape index (κ2) is 8.73. The standard InChI is InChI=1S/C21H26ClN5O3/c1-12(28)25-14-5-2-4-13(8-14)21(30)26-19-9-15(17(22)11-23-19)16-10-24-27-18(16)6-3-7-20(27)29/h9-11,13-14,20,29H,2-8H2,1H3,(H,25,28)(H,23,26,30). The number of fused-ring (bicyclic) bond motifs is 1. The van der Waals surface area contributed by atoms with Gasteiger partial charge < -0.3 is 15.7 Å². The van der Waals surface area contributed by atoms with E-state index in [1.807, 2.05) is 0 Å². The third-order valence-electron chi connectivity index (χ3n) is 5.91. The summed E-state index contributed by atoms with van der Waals surface area (Å²) in [6.07, 6.45) is 8.18. The van der Waals surface area contributed by atoms with Crippen LogP contribution in [0.4, 0.5) is 5.82 Å². The summed E-state index contributed by atoms with van der Waals surface area (Å²) in [5.41, 5.74) is 2.52. The topological polar surface area (TPSA) is 109 Å². The van der Waals surface area contributed by atoms with Gasteiger partial charge in [-0.05, 0) is 44.6 Å². The molecule has 160 valence electrons. The van der Waals surface area contributed by atoms with Crippen LogP contribution in [0.25, 0.3) is 11.1 Å². The smallest absolute Gasteiger partial charge is 0.228 e. The fourth-order valence-corrected chi connectivity index (χ4v) is 4.69. The van der Waals surface area contributed by atoms with E-state index in [0.717, 1.165) is 48.9 Å². The number of nitrogens with zero attached hydrogens (tertiary/aromatic N) is 3. The van der Waals surface area contributed by atoms with Crippen LogP contribution < -0.4 is 10.6 Å². The molecule has 8 nitrogen and oxygen atoms in total. The second-order valence-electron chi connectivity index (χ2n) is 8.12. The van der Waals surface area contributed by atoms with E-state index in [-0.39, 0.29) is 23.8 Å². The molecule has 4 rings (SSSR count). The van der Waals surface area contributed by atoms with Crippen LogP contribution >= 0.6 is 11.6 Å². The third-order valence-corrected chi connectivity index (χ3v) is 6.21. The van der Waals surface area contributed by atoms with E-state index in [1.165, 1.54) is 13.1 Å². The van der Waals surface area contributed by atoms with Gasteiger partial charge in [0.15, 0.2) is 0 Å². The molecule has 0 spiro atoms. The van der Waals surface area contributed by atoms with Gasteiger partial charge in [-0.1, -0.05) is 18.0 Å². The van der Waals surface area contributed by atoms with Crippen molar-refractivity contribution in [1.82, 2.24) is 20.1 Å². The van der Waals surface area contributed by atoms with E-state index in [1.54, 1.807) is 16.9 Å². The van der Waals surface area contributed by atoms with E-state index in [9.17, 15) is 14.7 Å². The fraction of sp³-hybridized carbons (Fsp3) is 0.524. The molecule has 1 saturated carbocycles. The minimum absolute atomic E-state index is 0.0334. The predicted molar refractivity (Wildman–Crippen MR) is 113 cm³/mol. The number of aromatic nitrogens is 3. The van der Waals surface area contributed by atoms with Gasteiger partial charge in [-0.25, -0.2) is 9.67 Å². The molecule has 0 bridgehead atoms. The highest BCUT2D eigenvalue weighted by molar-refractivity contribution is 6.33. The molecule has 1 fully saturated rings. The zero-order valence-corrected chi connectivity index (χ0v) is 17.7. The van der Waals surface area contributed by atoms with Crippen molar-refractivity contribution in [2.24, 2.45) is 5.92 Å². The van der Waals surface area contributed by atoms with Gasteiger partial charge >= 0.3 is 0 Å². The number of rotatable bonds is 4. The molecule has 9 heteroatoms. The summed E-state index contributed by atoms with van der Waals surface area (Å²) in [5, 5.41) is 20.8. The molecule has 3 heterocycles. The lowest BCUT2D eigenvalue weighted by atomic mass is 9.85. The summed E-state index contributed by atoms with van der Waals surface area (Å²) in [6, 6.07) is 1.79. The van der Waals surface area contributed by atoms with Gasteiger partial charge in [-0.2, -0.15) is 5.10 Å². The molecule has 3 atom stereocenters. The van der Waals surface area contributed by atoms with E-state index >= 15 is 0 Å². The van der Waals surface area contributed by atoms with Crippen molar-refractivity contribution in [1.29, 1.82) is 0 Å². The van der Waals surface area contributed by atoms with E-state index in [4.69, 9.17) is 11.6 Å². The molecule has 1 aliphatic heterocycles. The van der Waals surface area contributed by atoms with Gasteiger partial charge in [0.05, 0.1) is 11.2 Å². The number of anilines is 1. The van der Waals surface area contributed by atoms with Crippen LogP contribution in [0.5, 0.6) is 0 Å². The summed E-state index contributed by atoms with van der Waals surface area (Å²) in [6.45, 7) is 1.50. The Morgan fingerprint density at radius 1 is 1.20 bits per heavy atom. The highest BCUT2D eigenvalue weighted by atomic mass is 35.5. The highest BCUT2D eigenvalue weighted by Gasteiger charge is 2.28. The summed E-state index contributed by atoms with van der Waals surface area (Å²) >= 11 is 6.40. The molecule has 1 aliphatic carbocycles. The van der Waals surface area contributed by atoms with Crippen LogP contribution in [0.2, 0.25) is 5.02 Å². The molecule has 2 aromatic heterocycles. The Labute approximate surface area is 180 Å². The normalized spacial score (nSPS) is 23.5. The summed E-state index contributed by atoms with van der Waals surface area (Å²) in [5.74, 6) is 0.0888. The first kappa shape index (κ1) is 20.8. The number of hydrogen-bond acceptors (Lipinski definition) is 5. The fourth-order valence-electron chi connectivity index (χ4n) is 4.48. The number of aliphatic hydroxyl groups excluding tert-OH is 1. The zero-order valence-electron chi connectivity index (χ0n) is 16.9. The van der Waals surface area contributed by atoms with Crippen molar-refractivity contribution in [3.63, 3.8) is 0 Å². The van der Waals surface area contributed by atoms with Gasteiger partial charge in [0.25, 0.3) is 0 Å². The van der Waals surface area contributed by atoms with E-state index < -0.39 is 6.23 Å². The van der Waals surface area contributed by atoms with Crippen LogP contribution in [0, 0.1) is 5.92 Å². The van der Waals surface area contributed by atoms with Crippen molar-refractivity contribution in [2.45, 2.75) is 64.1 Å². The average Bonchev–Trinajstić information content (AvgIpc) is 3.14. The molecule has 0 aromatic carbocycles. The molecule has 3 N–H and O–H groups in total. The van der Waals surface area contributed by atoms with Crippen LogP contribution in [0.3, 0.4) is 0 Å². The van der Waals surface area contributed by atoms with E-state index in [2.05, 4.69) is 20.7 Å². The Bertz CT molecular complexity index is 960. The van der Waals surface area contributed by atoms with Crippen molar-refractivity contribution in [2.75, 3.05) is 5.32 Å². The minimum Gasteiger partial charge on any atom is -0.372 e. The van der Waals surface area contributed by atoms with Gasteiger partial charge in [0.1, 0.15) is 12.0 Å². The Morgan fingerprint density at radius 2 is 2.03 bits per heavy atom. The molecular formula is C21H26ClN5O3. The average molecular weight is 432 g/mol. The molecule has 2 aromatic rings. The third kappa shape index (κ3) is 4.34. The first-order valence-corrected chi connectivity index (χ1v) is 10.8. The molecule has 30 heavy (non-hydrogen) atoms. The van der Waals surface area contributed by atoms with Gasteiger partial charge in [-0.3, -0.25) is 9.59 Å². The zero-order chi connectivity index (χ0) is 21.3. The first-order chi connectivity index (χ1) is 14.4. The minimum atomic E-state index is -0.620. The van der Waals surface area contributed by atoms with Crippen molar-refractivity contribution >= 4 is 29.2 Å². The Balaban J connectivity index is 1.51. The SMILES string of the molecule is CC(=O)NC1CCCC(C(=O)Nc2cc(-c3cnn4c3CCCC4O)c(Cl)cn2)C1. The Kier molecular flexibility index (Phi) is 6.06. The number of carbonyl (C=O) groups is 2. The number of amides is 2. The maximum absolute atomic E-state index is 12.8. The van der Waals surface area contributed by atoms with Gasteiger partial charge in [0.2, 0.25) is 11.8 Å². The van der Waals surface area contributed by atoms with Crippen molar-refractivity contribution < 1.29 is 14.7 Å². The number of halogens is 1. The Morgan fingerprint density at radius 3 is 2.83 bits per heavy atom. The molecule has 2 amide bonds. The summed E-state index contributed by atoms with van der Waals surface area (Å²) in [7, 11) is 0. The molecule has 2 aliphatic rings. The van der Waals surface area contributed by atoms with Crippen LogP contribution in [0.15, 0.2) is 18.5 Å². The second-order valence-corrected chi connectivity index (χ2v) is 8.53. The highest BCUT2D eigenvalue weighted by Crippen LogP contribution is 2.36. The lowest BCUT2D eigenvalue weighted by molar-refractivity contribution is -0.123. The van der Waals surface area contributed by atoms with Gasteiger partial charge in [-0.15, -0.1) is 0 Å².